The molecule has 0 radical (unpaired) electrons. The van der Waals surface area contributed by atoms with E-state index in [9.17, 15) is 9.59 Å². The van der Waals surface area contributed by atoms with Crippen molar-refractivity contribution >= 4 is 18.0 Å². The first-order chi connectivity index (χ1) is 15.0. The van der Waals surface area contributed by atoms with Gasteiger partial charge in [0.1, 0.15) is 5.82 Å². The van der Waals surface area contributed by atoms with Gasteiger partial charge in [-0.05, 0) is 51.5 Å². The molecular formula is C23H26N6O2. The minimum Gasteiger partial charge on any atom is -0.355 e. The van der Waals surface area contributed by atoms with Gasteiger partial charge in [0.05, 0.1) is 29.3 Å². The van der Waals surface area contributed by atoms with Crippen molar-refractivity contribution in [1.29, 1.82) is 0 Å². The highest BCUT2D eigenvalue weighted by molar-refractivity contribution is 5.98. The van der Waals surface area contributed by atoms with Crippen LogP contribution in [0.5, 0.6) is 0 Å². The lowest BCUT2D eigenvalue weighted by Gasteiger charge is -2.27. The largest absolute Gasteiger partial charge is 0.355 e. The maximum Gasteiger partial charge on any atom is 0.256 e. The quantitative estimate of drug-likeness (QED) is 0.606. The number of hydrogen-bond acceptors (Lipinski definition) is 6. The Bertz CT molecular complexity index is 1100. The molecule has 8 nitrogen and oxygen atoms in total. The molecule has 0 spiro atoms. The minimum atomic E-state index is -0.0224. The summed E-state index contributed by atoms with van der Waals surface area (Å²) >= 11 is 0. The summed E-state index contributed by atoms with van der Waals surface area (Å²) in [6, 6.07) is 9.50. The number of pyridine rings is 1. The maximum atomic E-state index is 13.6. The molecule has 0 aliphatic carbocycles. The summed E-state index contributed by atoms with van der Waals surface area (Å²) in [5, 5.41) is 8.42. The van der Waals surface area contributed by atoms with Crippen molar-refractivity contribution in [1.82, 2.24) is 24.9 Å². The van der Waals surface area contributed by atoms with E-state index in [0.717, 1.165) is 30.6 Å². The molecule has 1 amide bonds. The van der Waals surface area contributed by atoms with Gasteiger partial charge in [0, 0.05) is 31.2 Å². The van der Waals surface area contributed by atoms with Crippen LogP contribution in [-0.4, -0.2) is 62.7 Å². The third kappa shape index (κ3) is 4.19. The van der Waals surface area contributed by atoms with Crippen LogP contribution in [0.1, 0.15) is 45.3 Å². The van der Waals surface area contributed by atoms with Crippen molar-refractivity contribution in [3.05, 3.63) is 65.1 Å². The van der Waals surface area contributed by atoms with E-state index in [2.05, 4.69) is 27.0 Å². The molecule has 0 bridgehead atoms. The van der Waals surface area contributed by atoms with Crippen molar-refractivity contribution in [3.63, 3.8) is 0 Å². The highest BCUT2D eigenvalue weighted by Crippen LogP contribution is 2.23. The highest BCUT2D eigenvalue weighted by atomic mass is 16.2. The van der Waals surface area contributed by atoms with Gasteiger partial charge in [-0.2, -0.15) is 15.0 Å². The lowest BCUT2D eigenvalue weighted by Crippen LogP contribution is -2.40. The first-order valence-corrected chi connectivity index (χ1v) is 10.4. The van der Waals surface area contributed by atoms with Crippen LogP contribution in [0.2, 0.25) is 0 Å². The Morgan fingerprint density at radius 2 is 1.84 bits per heavy atom. The molecular weight excluding hydrogens is 392 g/mol. The minimum absolute atomic E-state index is 0.0224. The smallest absolute Gasteiger partial charge is 0.256 e. The lowest BCUT2D eigenvalue weighted by molar-refractivity contribution is 0.0704. The number of aryl methyl sites for hydroxylation is 2. The SMILES string of the molecule is Cc1ccc(-n2nccn2)c(C(=O)N2CCN(c3ccc(C=O)c(C)n3)CC[C@H]2C)c1. The van der Waals surface area contributed by atoms with Crippen molar-refractivity contribution in [2.24, 2.45) is 0 Å². The summed E-state index contributed by atoms with van der Waals surface area (Å²) in [5.41, 5.74) is 3.60. The second-order valence-corrected chi connectivity index (χ2v) is 7.92. The van der Waals surface area contributed by atoms with E-state index >= 15 is 0 Å². The predicted molar refractivity (Wildman–Crippen MR) is 118 cm³/mol. The monoisotopic (exact) mass is 418 g/mol. The molecule has 0 unspecified atom stereocenters. The summed E-state index contributed by atoms with van der Waals surface area (Å²) in [6.45, 7) is 7.93. The molecule has 1 aliphatic rings. The number of benzene rings is 1. The molecule has 1 atom stereocenters. The van der Waals surface area contributed by atoms with Gasteiger partial charge in [-0.1, -0.05) is 11.6 Å². The van der Waals surface area contributed by atoms with Crippen LogP contribution in [0, 0.1) is 13.8 Å². The van der Waals surface area contributed by atoms with Crippen LogP contribution >= 0.6 is 0 Å². The average Bonchev–Trinajstić information content (AvgIpc) is 3.23. The van der Waals surface area contributed by atoms with Gasteiger partial charge in [-0.3, -0.25) is 9.59 Å². The Morgan fingerprint density at radius 3 is 2.55 bits per heavy atom. The van der Waals surface area contributed by atoms with Crippen LogP contribution < -0.4 is 4.90 Å². The van der Waals surface area contributed by atoms with E-state index in [1.54, 1.807) is 18.5 Å². The zero-order valence-corrected chi connectivity index (χ0v) is 18.0. The fourth-order valence-electron chi connectivity index (χ4n) is 3.94. The molecule has 160 valence electrons. The normalized spacial score (nSPS) is 16.8. The van der Waals surface area contributed by atoms with E-state index in [1.807, 2.05) is 43.0 Å². The fraction of sp³-hybridized carbons (Fsp3) is 0.348. The molecule has 4 rings (SSSR count). The summed E-state index contributed by atoms with van der Waals surface area (Å²) in [7, 11) is 0. The third-order valence-electron chi connectivity index (χ3n) is 5.80. The van der Waals surface area contributed by atoms with Crippen molar-refractivity contribution in [3.8, 4) is 5.69 Å². The topological polar surface area (TPSA) is 84.2 Å². The second kappa shape index (κ2) is 8.67. The molecule has 1 saturated heterocycles. The number of carbonyl (C=O) groups is 2. The van der Waals surface area contributed by atoms with E-state index in [1.165, 1.54) is 4.80 Å². The van der Waals surface area contributed by atoms with E-state index in [-0.39, 0.29) is 11.9 Å². The summed E-state index contributed by atoms with van der Waals surface area (Å²) in [4.78, 5) is 34.9. The second-order valence-electron chi connectivity index (χ2n) is 7.92. The Hall–Kier alpha value is -3.55. The van der Waals surface area contributed by atoms with Crippen LogP contribution in [0.25, 0.3) is 5.69 Å². The molecule has 1 fully saturated rings. The molecule has 1 aromatic carbocycles. The van der Waals surface area contributed by atoms with Gasteiger partial charge in [0.2, 0.25) is 0 Å². The number of rotatable bonds is 4. The fourth-order valence-corrected chi connectivity index (χ4v) is 3.94. The van der Waals surface area contributed by atoms with Crippen molar-refractivity contribution in [2.75, 3.05) is 24.5 Å². The molecule has 2 aromatic heterocycles. The lowest BCUT2D eigenvalue weighted by atomic mass is 10.1. The van der Waals surface area contributed by atoms with Gasteiger partial charge in [-0.15, -0.1) is 0 Å². The maximum absolute atomic E-state index is 13.6. The van der Waals surface area contributed by atoms with E-state index in [4.69, 9.17) is 0 Å². The number of amides is 1. The Labute approximate surface area is 181 Å². The molecule has 3 heterocycles. The Balaban J connectivity index is 1.59. The molecule has 1 aliphatic heterocycles. The van der Waals surface area contributed by atoms with Gasteiger partial charge >= 0.3 is 0 Å². The first-order valence-electron chi connectivity index (χ1n) is 10.4. The van der Waals surface area contributed by atoms with Crippen LogP contribution in [0.3, 0.4) is 0 Å². The number of hydrogen-bond donors (Lipinski definition) is 0. The van der Waals surface area contributed by atoms with Crippen molar-refractivity contribution < 1.29 is 9.59 Å². The zero-order chi connectivity index (χ0) is 22.0. The van der Waals surface area contributed by atoms with Gasteiger partial charge in [-0.25, -0.2) is 4.98 Å². The number of anilines is 1. The molecule has 31 heavy (non-hydrogen) atoms. The average molecular weight is 419 g/mol. The number of nitrogens with zero attached hydrogens (tertiary/aromatic N) is 6. The standard InChI is InChI=1S/C23H26N6O2/c1-16-4-6-21(29-24-9-10-25-29)20(14-16)23(31)28-13-12-27(11-8-17(28)2)22-7-5-19(15-30)18(3)26-22/h4-7,9-10,14-15,17H,8,11-13H2,1-3H3/t17-/m1/s1. The highest BCUT2D eigenvalue weighted by Gasteiger charge is 2.28. The molecule has 0 N–H and O–H groups in total. The molecule has 3 aromatic rings. The van der Waals surface area contributed by atoms with Gasteiger partial charge in [0.15, 0.2) is 6.29 Å². The predicted octanol–water partition coefficient (Wildman–Crippen LogP) is 2.83. The van der Waals surface area contributed by atoms with E-state index < -0.39 is 0 Å². The van der Waals surface area contributed by atoms with Crippen LogP contribution in [-0.2, 0) is 0 Å². The number of carbonyl (C=O) groups excluding carboxylic acids is 2. The van der Waals surface area contributed by atoms with Gasteiger partial charge in [0.25, 0.3) is 5.91 Å². The van der Waals surface area contributed by atoms with E-state index in [0.29, 0.717) is 35.6 Å². The third-order valence-corrected chi connectivity index (χ3v) is 5.80. The van der Waals surface area contributed by atoms with Gasteiger partial charge < -0.3 is 9.80 Å². The number of aromatic nitrogens is 4. The van der Waals surface area contributed by atoms with Crippen LogP contribution in [0.15, 0.2) is 42.7 Å². The first kappa shape index (κ1) is 20.7. The van der Waals surface area contributed by atoms with Crippen LogP contribution in [0.4, 0.5) is 5.82 Å². The summed E-state index contributed by atoms with van der Waals surface area (Å²) in [6.07, 6.45) is 4.85. The summed E-state index contributed by atoms with van der Waals surface area (Å²) in [5.74, 6) is 0.812. The number of aldehydes is 1. The summed E-state index contributed by atoms with van der Waals surface area (Å²) < 4.78 is 0. The molecule has 8 heteroatoms. The molecule has 0 saturated carbocycles. The zero-order valence-electron chi connectivity index (χ0n) is 18.0. The Morgan fingerprint density at radius 1 is 1.06 bits per heavy atom. The Kier molecular flexibility index (Phi) is 5.79. The van der Waals surface area contributed by atoms with Crippen molar-refractivity contribution in [2.45, 2.75) is 33.2 Å².